The van der Waals surface area contributed by atoms with Crippen LogP contribution >= 0.6 is 11.8 Å². The Balaban J connectivity index is 2.36. The van der Waals surface area contributed by atoms with E-state index in [1.165, 1.54) is 12.1 Å². The number of aliphatic hydroxyl groups excluding tert-OH is 1. The van der Waals surface area contributed by atoms with E-state index in [4.69, 9.17) is 0 Å². The lowest BCUT2D eigenvalue weighted by Crippen LogP contribution is -2.32. The second kappa shape index (κ2) is 7.69. The van der Waals surface area contributed by atoms with Gasteiger partial charge in [0.25, 0.3) is 0 Å². The average Bonchev–Trinajstić information content (AvgIpc) is 2.33. The van der Waals surface area contributed by atoms with Gasteiger partial charge in [-0.05, 0) is 30.4 Å². The van der Waals surface area contributed by atoms with Gasteiger partial charge in [0.2, 0.25) is 0 Å². The molecule has 0 aliphatic carbocycles. The van der Waals surface area contributed by atoms with Crippen molar-refractivity contribution in [3.63, 3.8) is 0 Å². The number of hydrogen-bond acceptors (Lipinski definition) is 3. The molecule has 96 valence electrons. The van der Waals surface area contributed by atoms with Crippen LogP contribution in [0.3, 0.4) is 0 Å². The van der Waals surface area contributed by atoms with Crippen LogP contribution in [0.5, 0.6) is 0 Å². The largest absolute Gasteiger partial charge is 0.387 e. The summed E-state index contributed by atoms with van der Waals surface area (Å²) in [7, 11) is 0. The van der Waals surface area contributed by atoms with E-state index in [9.17, 15) is 9.50 Å². The number of halogens is 1. The van der Waals surface area contributed by atoms with E-state index >= 15 is 0 Å². The van der Waals surface area contributed by atoms with Crippen LogP contribution in [0.15, 0.2) is 24.3 Å². The van der Waals surface area contributed by atoms with Crippen molar-refractivity contribution < 1.29 is 9.50 Å². The Morgan fingerprint density at radius 1 is 1.47 bits per heavy atom. The lowest BCUT2D eigenvalue weighted by Gasteiger charge is -2.17. The third kappa shape index (κ3) is 5.52. The van der Waals surface area contributed by atoms with E-state index in [0.717, 1.165) is 11.5 Å². The highest BCUT2D eigenvalue weighted by Crippen LogP contribution is 2.13. The number of rotatable bonds is 7. The summed E-state index contributed by atoms with van der Waals surface area (Å²) in [5, 5.41) is 13.1. The van der Waals surface area contributed by atoms with Gasteiger partial charge < -0.3 is 10.4 Å². The van der Waals surface area contributed by atoms with Crippen molar-refractivity contribution in [1.29, 1.82) is 0 Å². The van der Waals surface area contributed by atoms with E-state index in [1.54, 1.807) is 12.1 Å². The molecule has 0 spiro atoms. The average molecular weight is 257 g/mol. The predicted octanol–water partition coefficient (Wildman–Crippen LogP) is 2.59. The Labute approximate surface area is 107 Å². The van der Waals surface area contributed by atoms with Crippen molar-refractivity contribution in [3.8, 4) is 0 Å². The zero-order chi connectivity index (χ0) is 12.7. The molecule has 0 fully saturated rings. The summed E-state index contributed by atoms with van der Waals surface area (Å²) < 4.78 is 13.0. The minimum atomic E-state index is -0.653. The Kier molecular flexibility index (Phi) is 6.55. The van der Waals surface area contributed by atoms with Gasteiger partial charge >= 0.3 is 0 Å². The first-order chi connectivity index (χ1) is 8.13. The van der Waals surface area contributed by atoms with Crippen molar-refractivity contribution in [2.24, 2.45) is 0 Å². The van der Waals surface area contributed by atoms with Gasteiger partial charge in [-0.15, -0.1) is 0 Å². The molecular weight excluding hydrogens is 237 g/mol. The summed E-state index contributed by atoms with van der Waals surface area (Å²) in [6.45, 7) is 4.66. The molecule has 17 heavy (non-hydrogen) atoms. The third-order valence-electron chi connectivity index (χ3n) is 2.47. The summed E-state index contributed by atoms with van der Waals surface area (Å²) in [6, 6.07) is 6.45. The maximum atomic E-state index is 13.0. The van der Waals surface area contributed by atoms with Gasteiger partial charge in [-0.25, -0.2) is 4.39 Å². The lowest BCUT2D eigenvalue weighted by atomic mass is 10.1. The topological polar surface area (TPSA) is 32.3 Å². The molecule has 0 bridgehead atoms. The van der Waals surface area contributed by atoms with Gasteiger partial charge in [0.15, 0.2) is 0 Å². The quantitative estimate of drug-likeness (QED) is 0.787. The van der Waals surface area contributed by atoms with E-state index in [2.05, 4.69) is 19.2 Å². The molecule has 1 aromatic rings. The van der Waals surface area contributed by atoms with E-state index < -0.39 is 6.10 Å². The van der Waals surface area contributed by atoms with Gasteiger partial charge in [0, 0.05) is 18.3 Å². The summed E-state index contributed by atoms with van der Waals surface area (Å²) in [5.41, 5.74) is 0.618. The normalized spacial score (nSPS) is 14.6. The molecule has 0 heterocycles. The molecule has 0 aromatic heterocycles. The first kappa shape index (κ1) is 14.5. The van der Waals surface area contributed by atoms with E-state index in [1.807, 2.05) is 11.8 Å². The fourth-order valence-electron chi connectivity index (χ4n) is 1.50. The second-order valence-corrected chi connectivity index (χ2v) is 5.36. The van der Waals surface area contributed by atoms with Crippen LogP contribution < -0.4 is 5.32 Å². The number of hydrogen-bond donors (Lipinski definition) is 2. The van der Waals surface area contributed by atoms with Crippen molar-refractivity contribution in [2.45, 2.75) is 26.0 Å². The van der Waals surface area contributed by atoms with Gasteiger partial charge in [-0.1, -0.05) is 19.1 Å². The van der Waals surface area contributed by atoms with Crippen molar-refractivity contribution >= 4 is 11.8 Å². The molecule has 2 N–H and O–H groups in total. The van der Waals surface area contributed by atoms with Gasteiger partial charge in [-0.2, -0.15) is 11.8 Å². The fourth-order valence-corrected chi connectivity index (χ4v) is 2.21. The van der Waals surface area contributed by atoms with Crippen LogP contribution in [0.1, 0.15) is 25.5 Å². The first-order valence-electron chi connectivity index (χ1n) is 5.88. The third-order valence-corrected chi connectivity index (χ3v) is 3.61. The van der Waals surface area contributed by atoms with Crippen LogP contribution in [-0.2, 0) is 0 Å². The lowest BCUT2D eigenvalue weighted by molar-refractivity contribution is 0.171. The second-order valence-electron chi connectivity index (χ2n) is 4.04. The SMILES string of the molecule is CCSCC(C)NCC(O)c1cccc(F)c1. The highest BCUT2D eigenvalue weighted by Gasteiger charge is 2.09. The maximum absolute atomic E-state index is 13.0. The Bertz CT molecular complexity index is 335. The van der Waals surface area contributed by atoms with Crippen molar-refractivity contribution in [2.75, 3.05) is 18.1 Å². The molecule has 0 aliphatic rings. The summed E-state index contributed by atoms with van der Waals surface area (Å²) in [4.78, 5) is 0. The maximum Gasteiger partial charge on any atom is 0.123 e. The van der Waals surface area contributed by atoms with E-state index in [0.29, 0.717) is 18.2 Å². The van der Waals surface area contributed by atoms with E-state index in [-0.39, 0.29) is 5.82 Å². The fraction of sp³-hybridized carbons (Fsp3) is 0.538. The monoisotopic (exact) mass is 257 g/mol. The van der Waals surface area contributed by atoms with Crippen LogP contribution in [0.2, 0.25) is 0 Å². The number of nitrogens with one attached hydrogen (secondary N) is 1. The molecule has 0 radical (unpaired) electrons. The summed E-state index contributed by atoms with van der Waals surface area (Å²) in [5.74, 6) is 1.81. The molecule has 0 saturated carbocycles. The van der Waals surface area contributed by atoms with Crippen LogP contribution in [-0.4, -0.2) is 29.2 Å². The van der Waals surface area contributed by atoms with Crippen molar-refractivity contribution in [3.05, 3.63) is 35.6 Å². The van der Waals surface area contributed by atoms with Gasteiger partial charge in [0.1, 0.15) is 5.82 Å². The Morgan fingerprint density at radius 3 is 2.88 bits per heavy atom. The van der Waals surface area contributed by atoms with Gasteiger partial charge in [-0.3, -0.25) is 0 Å². The molecule has 2 atom stereocenters. The molecule has 0 saturated heterocycles. The molecule has 2 nitrogen and oxygen atoms in total. The summed E-state index contributed by atoms with van der Waals surface area (Å²) in [6.07, 6.45) is -0.653. The zero-order valence-electron chi connectivity index (χ0n) is 10.3. The zero-order valence-corrected chi connectivity index (χ0v) is 11.1. The van der Waals surface area contributed by atoms with Crippen molar-refractivity contribution in [1.82, 2.24) is 5.32 Å². The highest BCUT2D eigenvalue weighted by atomic mass is 32.2. The van der Waals surface area contributed by atoms with Crippen LogP contribution in [0.4, 0.5) is 4.39 Å². The number of thioether (sulfide) groups is 1. The molecule has 0 aliphatic heterocycles. The number of benzene rings is 1. The minimum Gasteiger partial charge on any atom is -0.387 e. The highest BCUT2D eigenvalue weighted by molar-refractivity contribution is 7.99. The van der Waals surface area contributed by atoms with Crippen LogP contribution in [0.25, 0.3) is 0 Å². The Hall–Kier alpha value is -0.580. The molecule has 1 rings (SSSR count). The molecule has 0 amide bonds. The smallest absolute Gasteiger partial charge is 0.123 e. The molecule has 4 heteroatoms. The van der Waals surface area contributed by atoms with Crippen LogP contribution in [0, 0.1) is 5.82 Å². The Morgan fingerprint density at radius 2 is 2.24 bits per heavy atom. The molecule has 2 unspecified atom stereocenters. The first-order valence-corrected chi connectivity index (χ1v) is 7.03. The minimum absolute atomic E-state index is 0.309. The predicted molar refractivity (Wildman–Crippen MR) is 71.8 cm³/mol. The molecular formula is C13H20FNOS. The van der Waals surface area contributed by atoms with Gasteiger partial charge in [0.05, 0.1) is 6.10 Å². The number of aliphatic hydroxyl groups is 1. The summed E-state index contributed by atoms with van der Waals surface area (Å²) >= 11 is 1.86. The standard InChI is InChI=1S/C13H20FNOS/c1-3-17-9-10(2)15-8-13(16)11-5-4-6-12(14)7-11/h4-7,10,13,15-16H,3,8-9H2,1-2H3. The molecule has 1 aromatic carbocycles.